The normalized spacial score (nSPS) is 12.5. The Kier molecular flexibility index (Phi) is 69.9. The summed E-state index contributed by atoms with van der Waals surface area (Å²) in [4.78, 5) is 24.5. The average molecular weight is 1140 g/mol. The third kappa shape index (κ3) is 67.6. The van der Waals surface area contributed by atoms with Gasteiger partial charge in [-0.3, -0.25) is 9.59 Å². The Labute approximate surface area is 508 Å². The lowest BCUT2D eigenvalue weighted by Crippen LogP contribution is -2.45. The van der Waals surface area contributed by atoms with Crippen LogP contribution in [0.1, 0.15) is 431 Å². The number of amides is 1. The van der Waals surface area contributed by atoms with Crippen LogP contribution in [0.15, 0.2) is 12.2 Å². The van der Waals surface area contributed by atoms with Crippen LogP contribution in [0.3, 0.4) is 0 Å². The lowest BCUT2D eigenvalue weighted by Gasteiger charge is -2.20. The van der Waals surface area contributed by atoms with E-state index < -0.39 is 12.1 Å². The molecule has 0 rings (SSSR count). The summed E-state index contributed by atoms with van der Waals surface area (Å²) in [5.41, 5.74) is 0. The number of ether oxygens (including phenoxy) is 1. The number of allylic oxidation sites excluding steroid dienone is 1. The maximum Gasteiger partial charge on any atom is 0.305 e. The van der Waals surface area contributed by atoms with E-state index in [-0.39, 0.29) is 18.5 Å². The molecule has 0 aromatic heterocycles. The molecule has 0 aliphatic heterocycles. The summed E-state index contributed by atoms with van der Waals surface area (Å²) in [5, 5.41) is 23.1. The van der Waals surface area contributed by atoms with E-state index >= 15 is 0 Å². The minimum atomic E-state index is -0.838. The van der Waals surface area contributed by atoms with Gasteiger partial charge in [0.2, 0.25) is 5.91 Å². The topological polar surface area (TPSA) is 95.9 Å². The van der Waals surface area contributed by atoms with Crippen molar-refractivity contribution < 1.29 is 24.5 Å². The first kappa shape index (κ1) is 79.6. The van der Waals surface area contributed by atoms with Crippen LogP contribution in [-0.2, 0) is 14.3 Å². The van der Waals surface area contributed by atoms with Crippen molar-refractivity contribution in [2.24, 2.45) is 0 Å². The van der Waals surface area contributed by atoms with E-state index in [1.165, 1.54) is 366 Å². The second-order valence-corrected chi connectivity index (χ2v) is 26.0. The van der Waals surface area contributed by atoms with Crippen molar-refractivity contribution >= 4 is 11.9 Å². The standard InChI is InChI=1S/C75H147NO5/c1-3-5-7-9-11-13-15-16-45-49-53-57-61-65-69-75(80)81-70-66-62-58-54-50-46-43-41-39-37-35-33-31-29-27-25-23-21-19-17-18-20-22-24-26-28-30-32-34-36-38-40-42-44-48-52-56-60-64-68-74(79)76-72(71-77)73(78)67-63-59-55-51-47-14-12-10-8-6-4-2/h63,67,72-73,77-78H,3-62,64-66,68-71H2,1-2H3,(H,76,79)/b67-63+. The van der Waals surface area contributed by atoms with Crippen molar-refractivity contribution in [1.29, 1.82) is 0 Å². The van der Waals surface area contributed by atoms with Crippen LogP contribution < -0.4 is 5.32 Å². The summed E-state index contributed by atoms with van der Waals surface area (Å²) in [7, 11) is 0. The Morgan fingerprint density at radius 3 is 0.840 bits per heavy atom. The average Bonchev–Trinajstić information content (AvgIpc) is 3.47. The number of unbranched alkanes of at least 4 members (excludes halogenated alkanes) is 60. The highest BCUT2D eigenvalue weighted by Crippen LogP contribution is 2.20. The SMILES string of the molecule is CCCCCCCCCCC/C=C/C(O)C(CO)NC(=O)CCCCCCCCCCCCCCCCCCCCCCCCCCCCCCCCCCCCCCCCCOC(=O)CCCCCCCCCCCCCCCC. The molecule has 482 valence electrons. The first-order chi connectivity index (χ1) is 40.0. The van der Waals surface area contributed by atoms with Crippen LogP contribution >= 0.6 is 0 Å². The molecule has 6 nitrogen and oxygen atoms in total. The smallest absolute Gasteiger partial charge is 0.305 e. The number of carbonyl (C=O) groups excluding carboxylic acids is 2. The third-order valence-electron chi connectivity index (χ3n) is 17.8. The Morgan fingerprint density at radius 2 is 0.568 bits per heavy atom. The molecular formula is C75H147NO5. The van der Waals surface area contributed by atoms with E-state index in [9.17, 15) is 19.8 Å². The summed E-state index contributed by atoms with van der Waals surface area (Å²) in [6.45, 7) is 4.93. The molecule has 0 aromatic carbocycles. The van der Waals surface area contributed by atoms with Gasteiger partial charge in [-0.15, -0.1) is 0 Å². The minimum absolute atomic E-state index is 0.0270. The summed E-state index contributed by atoms with van der Waals surface area (Å²) < 4.78 is 5.50. The van der Waals surface area contributed by atoms with Gasteiger partial charge in [0.1, 0.15) is 0 Å². The maximum absolute atomic E-state index is 12.4. The number of rotatable bonds is 71. The highest BCUT2D eigenvalue weighted by Gasteiger charge is 2.18. The number of hydrogen-bond donors (Lipinski definition) is 3. The van der Waals surface area contributed by atoms with Crippen LogP contribution in [0.5, 0.6) is 0 Å². The molecule has 3 N–H and O–H groups in total. The van der Waals surface area contributed by atoms with Gasteiger partial charge in [0, 0.05) is 12.8 Å². The van der Waals surface area contributed by atoms with Crippen molar-refractivity contribution in [3.8, 4) is 0 Å². The fourth-order valence-electron chi connectivity index (χ4n) is 12.1. The van der Waals surface area contributed by atoms with Crippen molar-refractivity contribution in [3.05, 3.63) is 12.2 Å². The number of carbonyl (C=O) groups is 2. The zero-order valence-corrected chi connectivity index (χ0v) is 55.3. The van der Waals surface area contributed by atoms with E-state index in [0.29, 0.717) is 19.4 Å². The lowest BCUT2D eigenvalue weighted by molar-refractivity contribution is -0.143. The van der Waals surface area contributed by atoms with Crippen LogP contribution in [0.25, 0.3) is 0 Å². The molecule has 1 amide bonds. The lowest BCUT2D eigenvalue weighted by atomic mass is 10.0. The highest BCUT2D eigenvalue weighted by molar-refractivity contribution is 5.76. The van der Waals surface area contributed by atoms with Gasteiger partial charge in [0.15, 0.2) is 0 Å². The molecule has 0 aliphatic rings. The van der Waals surface area contributed by atoms with Gasteiger partial charge < -0.3 is 20.3 Å². The second-order valence-electron chi connectivity index (χ2n) is 26.0. The van der Waals surface area contributed by atoms with Gasteiger partial charge in [-0.25, -0.2) is 0 Å². The molecule has 2 unspecified atom stereocenters. The molecule has 0 heterocycles. The van der Waals surface area contributed by atoms with Gasteiger partial charge in [0.25, 0.3) is 0 Å². The minimum Gasteiger partial charge on any atom is -0.466 e. The summed E-state index contributed by atoms with van der Waals surface area (Å²) >= 11 is 0. The Morgan fingerprint density at radius 1 is 0.333 bits per heavy atom. The summed E-state index contributed by atoms with van der Waals surface area (Å²) in [6.07, 6.45) is 89.1. The molecule has 0 radical (unpaired) electrons. The molecule has 2 atom stereocenters. The van der Waals surface area contributed by atoms with E-state index in [1.54, 1.807) is 6.08 Å². The molecule has 0 aromatic rings. The summed E-state index contributed by atoms with van der Waals surface area (Å²) in [5.74, 6) is -0.0338. The quantitative estimate of drug-likeness (QED) is 0.0320. The van der Waals surface area contributed by atoms with Gasteiger partial charge in [0.05, 0.1) is 25.4 Å². The van der Waals surface area contributed by atoms with Gasteiger partial charge in [-0.1, -0.05) is 398 Å². The van der Waals surface area contributed by atoms with Crippen molar-refractivity contribution in [3.63, 3.8) is 0 Å². The second kappa shape index (κ2) is 71.1. The first-order valence-corrected chi connectivity index (χ1v) is 37.5. The number of hydrogen-bond acceptors (Lipinski definition) is 5. The predicted octanol–water partition coefficient (Wildman–Crippen LogP) is 24.3. The van der Waals surface area contributed by atoms with Gasteiger partial charge >= 0.3 is 5.97 Å². The fraction of sp³-hybridized carbons (Fsp3) is 0.947. The molecule has 0 spiro atoms. The summed E-state index contributed by atoms with van der Waals surface area (Å²) in [6, 6.07) is -0.621. The fourth-order valence-corrected chi connectivity index (χ4v) is 12.1. The number of nitrogens with one attached hydrogen (secondary N) is 1. The van der Waals surface area contributed by atoms with Crippen LogP contribution in [0, 0.1) is 0 Å². The maximum atomic E-state index is 12.4. The molecule has 6 heteroatoms. The predicted molar refractivity (Wildman–Crippen MR) is 357 cm³/mol. The molecule has 0 saturated carbocycles. The van der Waals surface area contributed by atoms with Crippen LogP contribution in [0.2, 0.25) is 0 Å². The van der Waals surface area contributed by atoms with Crippen molar-refractivity contribution in [2.45, 2.75) is 443 Å². The van der Waals surface area contributed by atoms with E-state index in [0.717, 1.165) is 38.5 Å². The largest absolute Gasteiger partial charge is 0.466 e. The molecule has 0 fully saturated rings. The number of esters is 1. The van der Waals surface area contributed by atoms with Crippen LogP contribution in [0.4, 0.5) is 0 Å². The van der Waals surface area contributed by atoms with E-state index in [2.05, 4.69) is 19.2 Å². The number of aliphatic hydroxyl groups excluding tert-OH is 2. The monoisotopic (exact) mass is 1140 g/mol. The first-order valence-electron chi connectivity index (χ1n) is 37.5. The molecule has 0 saturated heterocycles. The molecule has 0 bridgehead atoms. The number of aliphatic hydroxyl groups is 2. The highest BCUT2D eigenvalue weighted by atomic mass is 16.5. The van der Waals surface area contributed by atoms with Crippen LogP contribution in [-0.4, -0.2) is 47.4 Å². The Balaban J connectivity index is 3.27. The zero-order chi connectivity index (χ0) is 58.5. The molecule has 81 heavy (non-hydrogen) atoms. The van der Waals surface area contributed by atoms with Crippen molar-refractivity contribution in [1.82, 2.24) is 5.32 Å². The van der Waals surface area contributed by atoms with Crippen molar-refractivity contribution in [2.75, 3.05) is 13.2 Å². The van der Waals surface area contributed by atoms with E-state index in [1.807, 2.05) is 6.08 Å². The molecule has 0 aliphatic carbocycles. The Hall–Kier alpha value is -1.40. The Bertz CT molecular complexity index is 1220. The van der Waals surface area contributed by atoms with Gasteiger partial charge in [-0.05, 0) is 32.1 Å². The third-order valence-corrected chi connectivity index (χ3v) is 17.8. The molecular weight excluding hydrogens is 995 g/mol. The zero-order valence-electron chi connectivity index (χ0n) is 55.3. The van der Waals surface area contributed by atoms with Gasteiger partial charge in [-0.2, -0.15) is 0 Å². The van der Waals surface area contributed by atoms with E-state index in [4.69, 9.17) is 4.74 Å².